The molecule has 0 amide bonds. The molecular weight excluding hydrogens is 486 g/mol. The van der Waals surface area contributed by atoms with Crippen molar-refractivity contribution in [3.8, 4) is 11.5 Å². The maximum Gasteiger partial charge on any atom is 0.349 e. The first-order valence-corrected chi connectivity index (χ1v) is 11.6. The van der Waals surface area contributed by atoms with Gasteiger partial charge in [-0.05, 0) is 37.1 Å². The molecule has 0 aromatic heterocycles. The highest BCUT2D eigenvalue weighted by Crippen LogP contribution is 2.24. The van der Waals surface area contributed by atoms with Crippen molar-refractivity contribution < 1.29 is 34.4 Å². The van der Waals surface area contributed by atoms with Gasteiger partial charge < -0.3 is 34.2 Å². The fourth-order valence-corrected chi connectivity index (χ4v) is 3.36. The Balaban J connectivity index is 0.000000410. The molecule has 0 unspecified atom stereocenters. The fourth-order valence-electron chi connectivity index (χ4n) is 3.36. The Hall–Kier alpha value is -3.23. The highest BCUT2D eigenvalue weighted by molar-refractivity contribution is 5.81. The molecule has 0 spiro atoms. The van der Waals surface area contributed by atoms with Crippen LogP contribution in [0.1, 0.15) is 18.1 Å². The number of carbonyl (C=O) groups is 1. The zero-order chi connectivity index (χ0) is 28.1. The SMILES string of the molecule is CC(=O)OCC[N+](C)(C)C.Cc1cc2nc3c(=O)[nH]c(=O)nc-3n(C[C@H](O)[C@H](O)[C@H](O)CO)c2cc1C. The molecule has 1 aromatic rings. The summed E-state index contributed by atoms with van der Waals surface area (Å²) in [6.07, 6.45) is -4.68. The zero-order valence-corrected chi connectivity index (χ0v) is 21.9. The summed E-state index contributed by atoms with van der Waals surface area (Å²) in [5.74, 6) is -0.252. The van der Waals surface area contributed by atoms with E-state index in [0.29, 0.717) is 17.6 Å². The molecule has 0 saturated heterocycles. The summed E-state index contributed by atoms with van der Waals surface area (Å²) in [6.45, 7) is 5.53. The van der Waals surface area contributed by atoms with Crippen LogP contribution in [-0.2, 0) is 16.1 Å². The van der Waals surface area contributed by atoms with Gasteiger partial charge in [0.25, 0.3) is 5.56 Å². The van der Waals surface area contributed by atoms with Crippen molar-refractivity contribution in [3.63, 3.8) is 0 Å². The summed E-state index contributed by atoms with van der Waals surface area (Å²) in [6, 6.07) is 3.53. The van der Waals surface area contributed by atoms with Crippen molar-refractivity contribution in [1.82, 2.24) is 19.5 Å². The Bertz CT molecular complexity index is 1310. The van der Waals surface area contributed by atoms with E-state index in [1.165, 1.54) is 11.5 Å². The summed E-state index contributed by atoms with van der Waals surface area (Å²) < 4.78 is 6.99. The lowest BCUT2D eigenvalue weighted by atomic mass is 10.1. The van der Waals surface area contributed by atoms with Crippen LogP contribution in [0.3, 0.4) is 0 Å². The summed E-state index contributed by atoms with van der Waals surface area (Å²) in [4.78, 5) is 44.3. The molecular formula is C24H36N5O8+. The van der Waals surface area contributed by atoms with Gasteiger partial charge in [-0.25, -0.2) is 9.78 Å². The van der Waals surface area contributed by atoms with Gasteiger partial charge in [0.15, 0.2) is 11.5 Å². The van der Waals surface area contributed by atoms with E-state index >= 15 is 0 Å². The number of aromatic nitrogens is 4. The maximum atomic E-state index is 12.2. The number of rotatable bonds is 8. The number of fused-ring (bicyclic) bond motifs is 2. The number of H-pyrrole nitrogens is 1. The van der Waals surface area contributed by atoms with Crippen molar-refractivity contribution in [2.75, 3.05) is 40.9 Å². The molecule has 0 radical (unpaired) electrons. The van der Waals surface area contributed by atoms with Crippen molar-refractivity contribution in [3.05, 3.63) is 44.1 Å². The first-order valence-electron chi connectivity index (χ1n) is 11.6. The van der Waals surface area contributed by atoms with E-state index in [-0.39, 0.29) is 24.0 Å². The highest BCUT2D eigenvalue weighted by Gasteiger charge is 2.27. The van der Waals surface area contributed by atoms with Crippen LogP contribution >= 0.6 is 0 Å². The van der Waals surface area contributed by atoms with E-state index in [1.54, 1.807) is 12.1 Å². The minimum Gasteiger partial charge on any atom is -0.460 e. The minimum absolute atomic E-state index is 0.0516. The van der Waals surface area contributed by atoms with Crippen LogP contribution in [0.15, 0.2) is 21.7 Å². The number of aliphatic hydroxyl groups excluding tert-OH is 4. The number of quaternary nitrogens is 1. The number of aromatic amines is 1. The number of likely N-dealkylation sites (N-methyl/N-ethyl adjacent to an activating group) is 1. The molecule has 2 aliphatic heterocycles. The number of carbonyl (C=O) groups excluding carboxylic acids is 1. The molecule has 5 N–H and O–H groups in total. The van der Waals surface area contributed by atoms with E-state index in [0.717, 1.165) is 22.2 Å². The number of aryl methyl sites for hydroxylation is 2. The summed E-state index contributed by atoms with van der Waals surface area (Å²) in [7, 11) is 6.18. The maximum absolute atomic E-state index is 12.2. The van der Waals surface area contributed by atoms with Crippen LogP contribution in [0.2, 0.25) is 0 Å². The van der Waals surface area contributed by atoms with Crippen LogP contribution in [0.5, 0.6) is 0 Å². The third-order valence-electron chi connectivity index (χ3n) is 5.64. The predicted octanol–water partition coefficient (Wildman–Crippen LogP) is -1.47. The van der Waals surface area contributed by atoms with E-state index in [1.807, 2.05) is 13.8 Å². The number of nitrogens with zero attached hydrogens (tertiary/aromatic N) is 4. The van der Waals surface area contributed by atoms with E-state index < -0.39 is 36.2 Å². The third-order valence-corrected chi connectivity index (χ3v) is 5.64. The standard InChI is InChI=1S/C17H20N4O6.C7H16NO2/c1-7-3-9-10(4-8(7)2)21(5-11(23)14(25)12(24)6-22)15-13(18-9)16(26)20-17(27)19-15;1-7(9)10-6-5-8(2,3)4/h3-4,11-12,14,22-25H,5-6H2,1-2H3,(H,20,26,27);5-6H2,1-4H3/q;+1/t11-,12+,14-;/m0./s1. The Morgan fingerprint density at radius 2 is 1.70 bits per heavy atom. The van der Waals surface area contributed by atoms with Gasteiger partial charge in [-0.1, -0.05) is 0 Å². The lowest BCUT2D eigenvalue weighted by Gasteiger charge is -2.25. The Morgan fingerprint density at radius 3 is 2.27 bits per heavy atom. The van der Waals surface area contributed by atoms with E-state index in [9.17, 15) is 29.7 Å². The normalized spacial score (nSPS) is 14.1. The molecule has 3 rings (SSSR count). The van der Waals surface area contributed by atoms with Gasteiger partial charge >= 0.3 is 11.7 Å². The van der Waals surface area contributed by atoms with Gasteiger partial charge in [-0.15, -0.1) is 0 Å². The second-order valence-electron chi connectivity index (χ2n) is 9.85. The van der Waals surface area contributed by atoms with Crippen LogP contribution in [0.4, 0.5) is 0 Å². The zero-order valence-electron chi connectivity index (χ0n) is 21.9. The quantitative estimate of drug-likeness (QED) is 0.133. The molecule has 13 nitrogen and oxygen atoms in total. The molecule has 0 fully saturated rings. The molecule has 13 heteroatoms. The Kier molecular flexibility index (Phi) is 10.0. The number of hydrogen-bond acceptors (Lipinski definition) is 10. The summed E-state index contributed by atoms with van der Waals surface area (Å²) >= 11 is 0. The second kappa shape index (κ2) is 12.3. The topological polar surface area (TPSA) is 188 Å². The number of esters is 1. The molecule has 0 saturated carbocycles. The molecule has 1 aromatic carbocycles. The lowest BCUT2D eigenvalue weighted by molar-refractivity contribution is -0.870. The number of aliphatic hydroxyl groups is 4. The number of benzene rings is 1. The minimum atomic E-state index is -1.64. The summed E-state index contributed by atoms with van der Waals surface area (Å²) in [5.41, 5.74) is 1.11. The average Bonchev–Trinajstić information content (AvgIpc) is 2.79. The van der Waals surface area contributed by atoms with Crippen LogP contribution < -0.4 is 11.2 Å². The van der Waals surface area contributed by atoms with Crippen molar-refractivity contribution >= 4 is 17.0 Å². The van der Waals surface area contributed by atoms with Crippen LogP contribution in [0.25, 0.3) is 22.6 Å². The number of hydrogen-bond donors (Lipinski definition) is 5. The van der Waals surface area contributed by atoms with Gasteiger partial charge in [-0.2, -0.15) is 4.98 Å². The molecule has 2 aliphatic rings. The Morgan fingerprint density at radius 1 is 1.08 bits per heavy atom. The second-order valence-corrected chi connectivity index (χ2v) is 9.85. The van der Waals surface area contributed by atoms with Gasteiger partial charge in [-0.3, -0.25) is 14.6 Å². The first kappa shape index (κ1) is 30.0. The van der Waals surface area contributed by atoms with E-state index in [2.05, 4.69) is 36.1 Å². The molecule has 3 atom stereocenters. The Labute approximate surface area is 213 Å². The smallest absolute Gasteiger partial charge is 0.349 e. The summed E-state index contributed by atoms with van der Waals surface area (Å²) in [5, 5.41) is 38.8. The third kappa shape index (κ3) is 8.13. The van der Waals surface area contributed by atoms with Gasteiger partial charge in [0.1, 0.15) is 31.5 Å². The molecule has 204 valence electrons. The largest absolute Gasteiger partial charge is 0.460 e. The monoisotopic (exact) mass is 522 g/mol. The molecule has 37 heavy (non-hydrogen) atoms. The molecule has 2 heterocycles. The van der Waals surface area contributed by atoms with Crippen LogP contribution in [-0.4, -0.2) is 110 Å². The molecule has 0 bridgehead atoms. The fraction of sp³-hybridized carbons (Fsp3) is 0.542. The number of nitrogens with one attached hydrogen (secondary N) is 1. The predicted molar refractivity (Wildman–Crippen MR) is 135 cm³/mol. The van der Waals surface area contributed by atoms with Gasteiger partial charge in [0, 0.05) is 6.92 Å². The average molecular weight is 523 g/mol. The van der Waals surface area contributed by atoms with Crippen molar-refractivity contribution in [1.29, 1.82) is 0 Å². The molecule has 0 aliphatic carbocycles. The van der Waals surface area contributed by atoms with Crippen molar-refractivity contribution in [2.45, 2.75) is 45.6 Å². The van der Waals surface area contributed by atoms with Crippen LogP contribution in [0, 0.1) is 13.8 Å². The first-order chi connectivity index (χ1) is 17.1. The van der Waals surface area contributed by atoms with Crippen molar-refractivity contribution in [2.24, 2.45) is 0 Å². The lowest BCUT2D eigenvalue weighted by Crippen LogP contribution is -2.42. The van der Waals surface area contributed by atoms with Gasteiger partial charge in [0.2, 0.25) is 0 Å². The van der Waals surface area contributed by atoms with E-state index in [4.69, 9.17) is 9.84 Å². The highest BCUT2D eigenvalue weighted by atomic mass is 16.5. The number of ether oxygens (including phenoxy) is 1. The van der Waals surface area contributed by atoms with Gasteiger partial charge in [0.05, 0.1) is 45.3 Å².